The zero-order valence-corrected chi connectivity index (χ0v) is 12.8. The molecule has 0 aliphatic rings. The summed E-state index contributed by atoms with van der Waals surface area (Å²) in [5.41, 5.74) is 2.09. The summed E-state index contributed by atoms with van der Waals surface area (Å²) in [6.45, 7) is 1.69. The molecule has 5 nitrogen and oxygen atoms in total. The average molecular weight is 319 g/mol. The fraction of sp³-hybridized carbons (Fsp3) is 0.188. The van der Waals surface area contributed by atoms with Crippen LogP contribution in [-0.2, 0) is 16.0 Å². The van der Waals surface area contributed by atoms with E-state index < -0.39 is 11.9 Å². The molecule has 1 aromatic heterocycles. The molecule has 2 aromatic rings. The second-order valence-electron chi connectivity index (χ2n) is 4.54. The van der Waals surface area contributed by atoms with Crippen LogP contribution >= 0.6 is 11.6 Å². The Morgan fingerprint density at radius 1 is 1.23 bits per heavy atom. The number of halogens is 1. The Balaban J connectivity index is 1.85. The van der Waals surface area contributed by atoms with Gasteiger partial charge in [-0.05, 0) is 36.2 Å². The normalized spacial score (nSPS) is 10.1. The van der Waals surface area contributed by atoms with Gasteiger partial charge in [-0.1, -0.05) is 30.7 Å². The highest BCUT2D eigenvalue weighted by atomic mass is 35.5. The number of pyridine rings is 1. The second kappa shape index (κ2) is 7.56. The quantitative estimate of drug-likeness (QED) is 0.679. The highest BCUT2D eigenvalue weighted by molar-refractivity contribution is 6.29. The standard InChI is InChI=1S/C16H15ClN2O3/c1-2-11-3-5-13(6-4-11)19-15(20)10-22-16(21)12-7-8-18-14(17)9-12/h3-9H,2,10H2,1H3,(H,19,20). The van der Waals surface area contributed by atoms with Crippen molar-refractivity contribution in [3.63, 3.8) is 0 Å². The van der Waals surface area contributed by atoms with Gasteiger partial charge >= 0.3 is 5.97 Å². The highest BCUT2D eigenvalue weighted by Crippen LogP contribution is 2.11. The third kappa shape index (κ3) is 4.56. The van der Waals surface area contributed by atoms with Crippen LogP contribution in [0.3, 0.4) is 0 Å². The molecule has 0 radical (unpaired) electrons. The SMILES string of the molecule is CCc1ccc(NC(=O)COC(=O)c2ccnc(Cl)c2)cc1. The highest BCUT2D eigenvalue weighted by Gasteiger charge is 2.11. The number of hydrogen-bond acceptors (Lipinski definition) is 4. The molecule has 22 heavy (non-hydrogen) atoms. The maximum absolute atomic E-state index is 11.7. The van der Waals surface area contributed by atoms with Gasteiger partial charge in [0.1, 0.15) is 5.15 Å². The predicted octanol–water partition coefficient (Wildman–Crippen LogP) is 3.09. The van der Waals surface area contributed by atoms with Crippen molar-refractivity contribution in [1.82, 2.24) is 4.98 Å². The van der Waals surface area contributed by atoms with E-state index in [9.17, 15) is 9.59 Å². The van der Waals surface area contributed by atoms with E-state index in [1.807, 2.05) is 12.1 Å². The zero-order valence-electron chi connectivity index (χ0n) is 12.0. The van der Waals surface area contributed by atoms with Crippen LogP contribution < -0.4 is 5.32 Å². The van der Waals surface area contributed by atoms with Gasteiger partial charge in [-0.3, -0.25) is 4.79 Å². The number of benzene rings is 1. The summed E-state index contributed by atoms with van der Waals surface area (Å²) in [6.07, 6.45) is 2.33. The number of carbonyl (C=O) groups is 2. The minimum atomic E-state index is -0.624. The first-order valence-corrected chi connectivity index (χ1v) is 7.13. The summed E-state index contributed by atoms with van der Waals surface area (Å²) in [7, 11) is 0. The molecule has 6 heteroatoms. The van der Waals surface area contributed by atoms with Gasteiger partial charge in [0, 0.05) is 11.9 Å². The average Bonchev–Trinajstić information content (AvgIpc) is 2.53. The Bertz CT molecular complexity index is 671. The topological polar surface area (TPSA) is 68.3 Å². The molecule has 1 N–H and O–H groups in total. The largest absolute Gasteiger partial charge is 0.452 e. The molecule has 0 bridgehead atoms. The summed E-state index contributed by atoms with van der Waals surface area (Å²) in [4.78, 5) is 27.3. The van der Waals surface area contributed by atoms with E-state index in [-0.39, 0.29) is 17.3 Å². The number of carbonyl (C=O) groups excluding carboxylic acids is 2. The molecular formula is C16H15ClN2O3. The molecule has 0 spiro atoms. The molecule has 0 saturated carbocycles. The smallest absolute Gasteiger partial charge is 0.338 e. The minimum absolute atomic E-state index is 0.190. The van der Waals surface area contributed by atoms with Crippen LogP contribution in [0.25, 0.3) is 0 Å². The van der Waals surface area contributed by atoms with Crippen LogP contribution in [0, 0.1) is 0 Å². The molecule has 1 amide bonds. The van der Waals surface area contributed by atoms with Crippen molar-refractivity contribution >= 4 is 29.2 Å². The number of amides is 1. The third-order valence-electron chi connectivity index (χ3n) is 2.94. The van der Waals surface area contributed by atoms with E-state index >= 15 is 0 Å². The Kier molecular flexibility index (Phi) is 5.49. The molecule has 2 rings (SSSR count). The number of aromatic nitrogens is 1. The van der Waals surface area contributed by atoms with E-state index in [0.717, 1.165) is 6.42 Å². The molecule has 114 valence electrons. The zero-order chi connectivity index (χ0) is 15.9. The number of nitrogens with one attached hydrogen (secondary N) is 1. The Labute approximate surface area is 133 Å². The van der Waals surface area contributed by atoms with Gasteiger partial charge in [-0.15, -0.1) is 0 Å². The third-order valence-corrected chi connectivity index (χ3v) is 3.15. The van der Waals surface area contributed by atoms with Crippen molar-refractivity contribution in [2.75, 3.05) is 11.9 Å². The molecule has 0 unspecified atom stereocenters. The fourth-order valence-corrected chi connectivity index (χ4v) is 1.94. The lowest BCUT2D eigenvalue weighted by Gasteiger charge is -2.07. The minimum Gasteiger partial charge on any atom is -0.452 e. The van der Waals surface area contributed by atoms with Gasteiger partial charge in [0.05, 0.1) is 5.56 Å². The van der Waals surface area contributed by atoms with E-state index in [2.05, 4.69) is 17.2 Å². The van der Waals surface area contributed by atoms with Crippen LogP contribution in [0.1, 0.15) is 22.8 Å². The van der Waals surface area contributed by atoms with Crippen molar-refractivity contribution in [3.05, 3.63) is 58.9 Å². The Hall–Kier alpha value is -2.40. The van der Waals surface area contributed by atoms with Gasteiger partial charge in [0.25, 0.3) is 5.91 Å². The predicted molar refractivity (Wildman–Crippen MR) is 84.0 cm³/mol. The van der Waals surface area contributed by atoms with Crippen molar-refractivity contribution in [2.45, 2.75) is 13.3 Å². The number of hydrogen-bond donors (Lipinski definition) is 1. The molecule has 0 saturated heterocycles. The lowest BCUT2D eigenvalue weighted by atomic mass is 10.1. The number of rotatable bonds is 5. The fourth-order valence-electron chi connectivity index (χ4n) is 1.76. The lowest BCUT2D eigenvalue weighted by molar-refractivity contribution is -0.119. The summed E-state index contributed by atoms with van der Waals surface area (Å²) in [5, 5.41) is 2.85. The Morgan fingerprint density at radius 2 is 1.95 bits per heavy atom. The van der Waals surface area contributed by atoms with Gasteiger partial charge in [0.2, 0.25) is 0 Å². The molecule has 1 heterocycles. The van der Waals surface area contributed by atoms with Crippen LogP contribution in [-0.4, -0.2) is 23.5 Å². The van der Waals surface area contributed by atoms with Crippen LogP contribution in [0.4, 0.5) is 5.69 Å². The molecular weight excluding hydrogens is 304 g/mol. The maximum Gasteiger partial charge on any atom is 0.338 e. The van der Waals surface area contributed by atoms with Crippen LogP contribution in [0.5, 0.6) is 0 Å². The maximum atomic E-state index is 11.7. The lowest BCUT2D eigenvalue weighted by Crippen LogP contribution is -2.20. The first-order valence-electron chi connectivity index (χ1n) is 6.76. The van der Waals surface area contributed by atoms with Gasteiger partial charge in [0.15, 0.2) is 6.61 Å². The molecule has 0 atom stereocenters. The number of anilines is 1. The Morgan fingerprint density at radius 3 is 2.59 bits per heavy atom. The van der Waals surface area contributed by atoms with Crippen molar-refractivity contribution in [1.29, 1.82) is 0 Å². The first kappa shape index (κ1) is 16.0. The van der Waals surface area contributed by atoms with E-state index in [1.54, 1.807) is 12.1 Å². The second-order valence-corrected chi connectivity index (χ2v) is 4.93. The summed E-state index contributed by atoms with van der Waals surface area (Å²) >= 11 is 5.69. The van der Waals surface area contributed by atoms with Gasteiger partial charge in [-0.2, -0.15) is 0 Å². The van der Waals surface area contributed by atoms with E-state index in [1.165, 1.54) is 23.9 Å². The summed E-state index contributed by atoms with van der Waals surface area (Å²) in [6, 6.07) is 10.3. The first-order chi connectivity index (χ1) is 10.6. The van der Waals surface area contributed by atoms with E-state index in [4.69, 9.17) is 16.3 Å². The van der Waals surface area contributed by atoms with Crippen molar-refractivity contribution < 1.29 is 14.3 Å². The molecule has 0 aliphatic heterocycles. The van der Waals surface area contributed by atoms with Crippen molar-refractivity contribution in [2.24, 2.45) is 0 Å². The molecule has 0 fully saturated rings. The van der Waals surface area contributed by atoms with Gasteiger partial charge in [-0.25, -0.2) is 9.78 Å². The summed E-state index contributed by atoms with van der Waals surface area (Å²) in [5.74, 6) is -1.03. The number of aryl methyl sites for hydroxylation is 1. The van der Waals surface area contributed by atoms with E-state index in [0.29, 0.717) is 5.69 Å². The van der Waals surface area contributed by atoms with Crippen LogP contribution in [0.15, 0.2) is 42.6 Å². The summed E-state index contributed by atoms with van der Waals surface area (Å²) < 4.78 is 4.92. The molecule has 0 aliphatic carbocycles. The van der Waals surface area contributed by atoms with Gasteiger partial charge < -0.3 is 10.1 Å². The number of esters is 1. The molecule has 1 aromatic carbocycles. The van der Waals surface area contributed by atoms with Crippen molar-refractivity contribution in [3.8, 4) is 0 Å². The number of ether oxygens (including phenoxy) is 1. The van der Waals surface area contributed by atoms with Crippen LogP contribution in [0.2, 0.25) is 5.15 Å². The number of nitrogens with zero attached hydrogens (tertiary/aromatic N) is 1. The monoisotopic (exact) mass is 318 g/mol.